The number of carbonyl (C=O) groups is 2. The van der Waals surface area contributed by atoms with Crippen LogP contribution in [0.5, 0.6) is 0 Å². The standard InChI is InChI=1S/C19H25N3O5S/c1-12-6-3-4-7-14(12)20-17(24)13(2)26-16(23)9-10-22-19(25)27-18(21-22)15-8-5-11-28-15/h5,8,11-14H,3-4,6-7,9-10H2,1-2H3,(H,20,24). The predicted octanol–water partition coefficient (Wildman–Crippen LogP) is 2.58. The number of nitrogens with zero attached hydrogens (tertiary/aromatic N) is 2. The van der Waals surface area contributed by atoms with Crippen molar-refractivity contribution < 1.29 is 18.7 Å². The van der Waals surface area contributed by atoms with Crippen LogP contribution in [0, 0.1) is 5.92 Å². The number of ether oxygens (including phenoxy) is 1. The van der Waals surface area contributed by atoms with Gasteiger partial charge in [-0.15, -0.1) is 16.4 Å². The van der Waals surface area contributed by atoms with Crippen LogP contribution in [-0.2, 0) is 20.9 Å². The van der Waals surface area contributed by atoms with Crippen molar-refractivity contribution in [3.8, 4) is 10.8 Å². The van der Waals surface area contributed by atoms with E-state index in [4.69, 9.17) is 9.15 Å². The van der Waals surface area contributed by atoms with Crippen molar-refractivity contribution in [2.75, 3.05) is 0 Å². The minimum absolute atomic E-state index is 0.0283. The fraction of sp³-hybridized carbons (Fsp3) is 0.579. The first kappa shape index (κ1) is 20.3. The van der Waals surface area contributed by atoms with Gasteiger partial charge in [-0.25, -0.2) is 4.79 Å². The Morgan fingerprint density at radius 1 is 1.43 bits per heavy atom. The predicted molar refractivity (Wildman–Crippen MR) is 104 cm³/mol. The minimum atomic E-state index is -0.877. The van der Waals surface area contributed by atoms with Crippen molar-refractivity contribution in [2.45, 2.75) is 64.6 Å². The van der Waals surface area contributed by atoms with Crippen LogP contribution in [0.25, 0.3) is 10.8 Å². The Kier molecular flexibility index (Phi) is 6.66. The van der Waals surface area contributed by atoms with Crippen molar-refractivity contribution in [1.29, 1.82) is 0 Å². The topological polar surface area (TPSA) is 103 Å². The third-order valence-corrected chi connectivity index (χ3v) is 5.84. The number of nitrogens with one attached hydrogen (secondary N) is 1. The molecule has 0 spiro atoms. The molecular formula is C19H25N3O5S. The van der Waals surface area contributed by atoms with E-state index in [1.165, 1.54) is 17.8 Å². The molecule has 9 heteroatoms. The highest BCUT2D eigenvalue weighted by atomic mass is 32.1. The van der Waals surface area contributed by atoms with Crippen LogP contribution in [0.3, 0.4) is 0 Å². The largest absolute Gasteiger partial charge is 0.452 e. The molecule has 0 bridgehead atoms. The fourth-order valence-electron chi connectivity index (χ4n) is 3.28. The summed E-state index contributed by atoms with van der Waals surface area (Å²) in [4.78, 5) is 36.9. The molecule has 152 valence electrons. The maximum absolute atomic E-state index is 12.3. The summed E-state index contributed by atoms with van der Waals surface area (Å²) in [6, 6.07) is 3.76. The van der Waals surface area contributed by atoms with Gasteiger partial charge in [-0.2, -0.15) is 4.68 Å². The maximum Gasteiger partial charge on any atom is 0.437 e. The molecule has 1 amide bonds. The Labute approximate surface area is 166 Å². The zero-order valence-electron chi connectivity index (χ0n) is 16.1. The average molecular weight is 407 g/mol. The van der Waals surface area contributed by atoms with Gasteiger partial charge in [-0.1, -0.05) is 25.8 Å². The second-order valence-corrected chi connectivity index (χ2v) is 8.08. The number of aromatic nitrogens is 2. The van der Waals surface area contributed by atoms with Gasteiger partial charge < -0.3 is 14.5 Å². The van der Waals surface area contributed by atoms with E-state index in [0.29, 0.717) is 5.92 Å². The van der Waals surface area contributed by atoms with Crippen LogP contribution in [-0.4, -0.2) is 33.8 Å². The summed E-state index contributed by atoms with van der Waals surface area (Å²) in [7, 11) is 0. The van der Waals surface area contributed by atoms with Crippen LogP contribution in [0.15, 0.2) is 26.7 Å². The van der Waals surface area contributed by atoms with E-state index in [2.05, 4.69) is 17.3 Å². The van der Waals surface area contributed by atoms with Crippen molar-refractivity contribution in [1.82, 2.24) is 15.1 Å². The lowest BCUT2D eigenvalue weighted by molar-refractivity contribution is -0.155. The van der Waals surface area contributed by atoms with E-state index in [0.717, 1.165) is 28.8 Å². The molecule has 0 aromatic carbocycles. The molecule has 1 N–H and O–H groups in total. The molecule has 2 heterocycles. The molecule has 8 nitrogen and oxygen atoms in total. The number of amides is 1. The molecule has 0 saturated heterocycles. The van der Waals surface area contributed by atoms with Crippen LogP contribution in [0.1, 0.15) is 46.0 Å². The van der Waals surface area contributed by atoms with Gasteiger partial charge in [0.05, 0.1) is 17.8 Å². The van der Waals surface area contributed by atoms with Gasteiger partial charge in [0.1, 0.15) is 0 Å². The lowest BCUT2D eigenvalue weighted by Crippen LogP contribution is -2.46. The van der Waals surface area contributed by atoms with E-state index in [1.807, 2.05) is 11.4 Å². The monoisotopic (exact) mass is 407 g/mol. The summed E-state index contributed by atoms with van der Waals surface area (Å²) in [6.45, 7) is 3.71. The zero-order valence-corrected chi connectivity index (χ0v) is 16.9. The summed E-state index contributed by atoms with van der Waals surface area (Å²) in [6.07, 6.45) is 3.39. The Balaban J connectivity index is 1.47. The highest BCUT2D eigenvalue weighted by Gasteiger charge is 2.26. The molecule has 0 aliphatic heterocycles. The van der Waals surface area contributed by atoms with Gasteiger partial charge >= 0.3 is 11.7 Å². The van der Waals surface area contributed by atoms with E-state index in [9.17, 15) is 14.4 Å². The lowest BCUT2D eigenvalue weighted by atomic mass is 9.86. The quantitative estimate of drug-likeness (QED) is 0.708. The van der Waals surface area contributed by atoms with E-state index >= 15 is 0 Å². The average Bonchev–Trinajstić information content (AvgIpc) is 3.31. The zero-order chi connectivity index (χ0) is 20.1. The number of thiophene rings is 1. The Hall–Kier alpha value is -2.42. The minimum Gasteiger partial charge on any atom is -0.452 e. The molecule has 28 heavy (non-hydrogen) atoms. The van der Waals surface area contributed by atoms with Crippen molar-refractivity contribution in [2.24, 2.45) is 5.92 Å². The maximum atomic E-state index is 12.3. The number of rotatable bonds is 7. The van der Waals surface area contributed by atoms with Crippen LogP contribution < -0.4 is 11.1 Å². The first-order valence-corrected chi connectivity index (χ1v) is 10.4. The van der Waals surface area contributed by atoms with Gasteiger partial charge in [-0.05, 0) is 37.1 Å². The molecule has 3 unspecified atom stereocenters. The normalized spacial score (nSPS) is 20.5. The van der Waals surface area contributed by atoms with E-state index in [1.54, 1.807) is 13.0 Å². The van der Waals surface area contributed by atoms with Gasteiger partial charge in [0.25, 0.3) is 11.8 Å². The lowest BCUT2D eigenvalue weighted by Gasteiger charge is -2.30. The molecule has 1 aliphatic rings. The van der Waals surface area contributed by atoms with E-state index in [-0.39, 0.29) is 30.8 Å². The molecule has 1 fully saturated rings. The van der Waals surface area contributed by atoms with Gasteiger partial charge in [0.15, 0.2) is 6.10 Å². The number of hydrogen-bond acceptors (Lipinski definition) is 7. The number of esters is 1. The second-order valence-electron chi connectivity index (χ2n) is 7.13. The van der Waals surface area contributed by atoms with Crippen LogP contribution >= 0.6 is 11.3 Å². The third kappa shape index (κ3) is 5.09. The number of aryl methyl sites for hydroxylation is 1. The molecule has 2 aromatic heterocycles. The first-order valence-electron chi connectivity index (χ1n) is 9.55. The van der Waals surface area contributed by atoms with Gasteiger partial charge in [0, 0.05) is 6.04 Å². The fourth-order valence-corrected chi connectivity index (χ4v) is 3.93. The highest BCUT2D eigenvalue weighted by molar-refractivity contribution is 7.13. The summed E-state index contributed by atoms with van der Waals surface area (Å²) in [5.41, 5.74) is 0. The Morgan fingerprint density at radius 3 is 2.93 bits per heavy atom. The van der Waals surface area contributed by atoms with Crippen LogP contribution in [0.4, 0.5) is 0 Å². The molecular weight excluding hydrogens is 382 g/mol. The molecule has 1 aliphatic carbocycles. The summed E-state index contributed by atoms with van der Waals surface area (Å²) in [5, 5.41) is 8.92. The summed E-state index contributed by atoms with van der Waals surface area (Å²) < 4.78 is 11.4. The highest BCUT2D eigenvalue weighted by Crippen LogP contribution is 2.24. The SMILES string of the molecule is CC(OC(=O)CCn1nc(-c2cccs2)oc1=O)C(=O)NC1CCCCC1C. The summed E-state index contributed by atoms with van der Waals surface area (Å²) >= 11 is 1.40. The second kappa shape index (κ2) is 9.18. The third-order valence-electron chi connectivity index (χ3n) is 4.98. The number of carbonyl (C=O) groups excluding carboxylic acids is 2. The van der Waals surface area contributed by atoms with Gasteiger partial charge in [0.2, 0.25) is 0 Å². The van der Waals surface area contributed by atoms with Crippen LogP contribution in [0.2, 0.25) is 0 Å². The number of hydrogen-bond donors (Lipinski definition) is 1. The smallest absolute Gasteiger partial charge is 0.437 e. The van der Waals surface area contributed by atoms with Crippen molar-refractivity contribution in [3.05, 3.63) is 28.1 Å². The molecule has 1 saturated carbocycles. The molecule has 2 aromatic rings. The van der Waals surface area contributed by atoms with E-state index < -0.39 is 17.8 Å². The summed E-state index contributed by atoms with van der Waals surface area (Å²) in [5.74, 6) is -0.828. The first-order chi connectivity index (χ1) is 13.4. The Morgan fingerprint density at radius 2 is 2.21 bits per heavy atom. The Bertz CT molecular complexity index is 857. The molecule has 3 rings (SSSR count). The molecule has 3 atom stereocenters. The van der Waals surface area contributed by atoms with Crippen molar-refractivity contribution >= 4 is 23.2 Å². The molecule has 0 radical (unpaired) electrons. The van der Waals surface area contributed by atoms with Crippen molar-refractivity contribution in [3.63, 3.8) is 0 Å². The van der Waals surface area contributed by atoms with Gasteiger partial charge in [-0.3, -0.25) is 9.59 Å².